The molecule has 2 aliphatic rings. The molecule has 1 aliphatic carbocycles. The Kier molecular flexibility index (Phi) is 11.0. The van der Waals surface area contributed by atoms with E-state index in [1.807, 2.05) is 21.0 Å². The maximum absolute atomic E-state index is 6.51. The number of benzene rings is 1. The molecule has 4 atom stereocenters. The zero-order valence-corrected chi connectivity index (χ0v) is 25.4. The molecule has 1 N–H and O–H groups in total. The summed E-state index contributed by atoms with van der Waals surface area (Å²) in [6.45, 7) is 11.9. The fourth-order valence-corrected chi connectivity index (χ4v) is 21.3. The maximum atomic E-state index is 6.51. The van der Waals surface area contributed by atoms with Gasteiger partial charge in [-0.15, -0.1) is 0 Å². The Balaban J connectivity index is 1.98. The van der Waals surface area contributed by atoms with Gasteiger partial charge >= 0.3 is 214 Å². The van der Waals surface area contributed by atoms with Gasteiger partial charge in [-0.05, 0) is 0 Å². The molecule has 0 spiro atoms. The summed E-state index contributed by atoms with van der Waals surface area (Å²) in [7, 11) is 1.85. The van der Waals surface area contributed by atoms with E-state index in [1.54, 1.807) is 0 Å². The Morgan fingerprint density at radius 1 is 0.912 bits per heavy atom. The molecule has 1 saturated carbocycles. The molecule has 0 amide bonds. The number of ether oxygens (including phenoxy) is 3. The van der Waals surface area contributed by atoms with Crippen LogP contribution in [-0.2, 0) is 20.8 Å². The third-order valence-electron chi connectivity index (χ3n) is 7.66. The van der Waals surface area contributed by atoms with Gasteiger partial charge in [-0.25, -0.2) is 0 Å². The van der Waals surface area contributed by atoms with Crippen LogP contribution in [0.1, 0.15) is 78.7 Å². The molecule has 1 aromatic rings. The van der Waals surface area contributed by atoms with E-state index in [0.717, 1.165) is 6.54 Å². The molecule has 1 heterocycles. The second kappa shape index (κ2) is 13.2. The SMILES string of the molecule is CCC[CH2][Sn](/[CH]=C1\[C@H](NCc2ccccc2)[C@H]2OC(C)(C)O[C@H]2[C@H]1OC)([CH2]CCC)[CH2]CCC. The zero-order chi connectivity index (χ0) is 24.6. The molecule has 2 fully saturated rings. The normalized spacial score (nSPS) is 27.4. The molecule has 5 heteroatoms. The number of rotatable bonds is 14. The molecule has 192 valence electrons. The Bertz CT molecular complexity index is 744. The number of methoxy groups -OCH3 is 1. The Morgan fingerprint density at radius 3 is 2.00 bits per heavy atom. The minimum absolute atomic E-state index is 0.0116. The second-order valence-electron chi connectivity index (χ2n) is 10.9. The Hall–Kier alpha value is -0.401. The van der Waals surface area contributed by atoms with Crippen molar-refractivity contribution in [3.63, 3.8) is 0 Å². The molecule has 1 aliphatic heterocycles. The summed E-state index contributed by atoms with van der Waals surface area (Å²) in [4.78, 5) is 0. The summed E-state index contributed by atoms with van der Waals surface area (Å²) in [6, 6.07) is 10.8. The van der Waals surface area contributed by atoms with Crippen LogP contribution < -0.4 is 5.32 Å². The van der Waals surface area contributed by atoms with Gasteiger partial charge < -0.3 is 0 Å². The molecule has 0 unspecified atom stereocenters. The first-order valence-electron chi connectivity index (χ1n) is 13.8. The van der Waals surface area contributed by atoms with Crippen LogP contribution in [-0.4, -0.2) is 55.6 Å². The van der Waals surface area contributed by atoms with Crippen molar-refractivity contribution in [3.05, 3.63) is 45.6 Å². The molecule has 3 rings (SSSR count). The van der Waals surface area contributed by atoms with Crippen LogP contribution in [0.3, 0.4) is 0 Å². The van der Waals surface area contributed by atoms with Gasteiger partial charge in [-0.2, -0.15) is 0 Å². The van der Waals surface area contributed by atoms with E-state index in [0.29, 0.717) is 0 Å². The van der Waals surface area contributed by atoms with Gasteiger partial charge in [0, 0.05) is 0 Å². The molecule has 1 aromatic carbocycles. The summed E-state index contributed by atoms with van der Waals surface area (Å²) < 4.78 is 26.4. The van der Waals surface area contributed by atoms with E-state index >= 15 is 0 Å². The number of unbranched alkanes of at least 4 members (excludes halogenated alkanes) is 3. The van der Waals surface area contributed by atoms with Crippen molar-refractivity contribution in [1.82, 2.24) is 5.32 Å². The predicted octanol–water partition coefficient (Wildman–Crippen LogP) is 7.01. The quantitative estimate of drug-likeness (QED) is 0.241. The summed E-state index contributed by atoms with van der Waals surface area (Å²) in [5.41, 5.74) is 2.73. The van der Waals surface area contributed by atoms with Crippen molar-refractivity contribution >= 4 is 18.4 Å². The summed E-state index contributed by atoms with van der Waals surface area (Å²) in [5, 5.41) is 3.89. The van der Waals surface area contributed by atoms with E-state index in [1.165, 1.54) is 63.0 Å². The molecule has 0 radical (unpaired) electrons. The zero-order valence-electron chi connectivity index (χ0n) is 22.6. The summed E-state index contributed by atoms with van der Waals surface area (Å²) >= 11 is -2.54. The average molecular weight is 578 g/mol. The number of fused-ring (bicyclic) bond motifs is 1. The van der Waals surface area contributed by atoms with E-state index < -0.39 is 24.2 Å². The first-order valence-corrected chi connectivity index (χ1v) is 21.5. The number of hydrogen-bond donors (Lipinski definition) is 1. The van der Waals surface area contributed by atoms with Gasteiger partial charge in [-0.3, -0.25) is 0 Å². The van der Waals surface area contributed by atoms with Gasteiger partial charge in [0.15, 0.2) is 0 Å². The predicted molar refractivity (Wildman–Crippen MR) is 145 cm³/mol. The molecule has 4 nitrogen and oxygen atoms in total. The van der Waals surface area contributed by atoms with Crippen LogP contribution in [0.2, 0.25) is 13.3 Å². The van der Waals surface area contributed by atoms with E-state index in [9.17, 15) is 0 Å². The van der Waals surface area contributed by atoms with Crippen molar-refractivity contribution in [1.29, 1.82) is 0 Å². The van der Waals surface area contributed by atoms with Gasteiger partial charge in [0.1, 0.15) is 0 Å². The monoisotopic (exact) mass is 579 g/mol. The Morgan fingerprint density at radius 2 is 1.47 bits per heavy atom. The molecular formula is C29H49NO3Sn. The van der Waals surface area contributed by atoms with Crippen molar-refractivity contribution < 1.29 is 14.2 Å². The molecular weight excluding hydrogens is 529 g/mol. The third kappa shape index (κ3) is 7.09. The van der Waals surface area contributed by atoms with Gasteiger partial charge in [0.2, 0.25) is 0 Å². The van der Waals surface area contributed by atoms with Crippen LogP contribution in [0.4, 0.5) is 0 Å². The fourth-order valence-electron chi connectivity index (χ4n) is 5.90. The number of nitrogens with one attached hydrogen (secondary N) is 1. The first kappa shape index (κ1) is 28.2. The van der Waals surface area contributed by atoms with Crippen LogP contribution in [0.25, 0.3) is 0 Å². The molecule has 0 bridgehead atoms. The van der Waals surface area contributed by atoms with Crippen LogP contribution >= 0.6 is 0 Å². The van der Waals surface area contributed by atoms with E-state index in [2.05, 4.69) is 60.5 Å². The van der Waals surface area contributed by atoms with Gasteiger partial charge in [0.05, 0.1) is 0 Å². The topological polar surface area (TPSA) is 39.7 Å². The van der Waals surface area contributed by atoms with Gasteiger partial charge in [0.25, 0.3) is 0 Å². The molecule has 34 heavy (non-hydrogen) atoms. The minimum atomic E-state index is -2.54. The van der Waals surface area contributed by atoms with E-state index in [-0.39, 0.29) is 24.4 Å². The van der Waals surface area contributed by atoms with Crippen molar-refractivity contribution in [2.45, 2.75) is 123 Å². The van der Waals surface area contributed by atoms with Crippen molar-refractivity contribution in [3.8, 4) is 0 Å². The van der Waals surface area contributed by atoms with Crippen LogP contribution in [0.15, 0.2) is 40.0 Å². The third-order valence-corrected chi connectivity index (χ3v) is 21.9. The Labute approximate surface area is 213 Å². The van der Waals surface area contributed by atoms with E-state index in [4.69, 9.17) is 14.2 Å². The standard InChI is InChI=1S/C17H22NO3.3C4H9.Sn/c1-11-13(18-10-12-8-6-5-7-9-12)15-16(14(11)19-4)21-17(2,3)20-15;3*1-3-4-2;/h1,5-9,13-16,18H,10H2,2-4H3;3*1,3-4H2,2H3;/t13-,14-,15+,16-;;;;/m0..../s1. The molecule has 1 saturated heterocycles. The summed E-state index contributed by atoms with van der Waals surface area (Å²) in [6.07, 6.45) is 7.86. The fraction of sp³-hybridized carbons (Fsp3) is 0.724. The first-order chi connectivity index (χ1) is 16.4. The van der Waals surface area contributed by atoms with Crippen LogP contribution in [0.5, 0.6) is 0 Å². The summed E-state index contributed by atoms with van der Waals surface area (Å²) in [5.74, 6) is -0.572. The van der Waals surface area contributed by atoms with Crippen molar-refractivity contribution in [2.24, 2.45) is 0 Å². The second-order valence-corrected chi connectivity index (χ2v) is 23.8. The number of hydrogen-bond acceptors (Lipinski definition) is 4. The van der Waals surface area contributed by atoms with Crippen LogP contribution in [0, 0.1) is 0 Å². The molecule has 0 aromatic heterocycles. The van der Waals surface area contributed by atoms with Crippen molar-refractivity contribution in [2.75, 3.05) is 7.11 Å². The average Bonchev–Trinajstić information content (AvgIpc) is 3.28. The van der Waals surface area contributed by atoms with Gasteiger partial charge in [-0.1, -0.05) is 0 Å².